The molecule has 0 heterocycles. The number of hydrogen-bond acceptors (Lipinski definition) is 3. The summed E-state index contributed by atoms with van der Waals surface area (Å²) in [6, 6.07) is 7.96. The normalized spacial score (nSPS) is 16.4. The van der Waals surface area contributed by atoms with Crippen LogP contribution in [0.5, 0.6) is 5.75 Å². The summed E-state index contributed by atoms with van der Waals surface area (Å²) in [5, 5.41) is 13.7. The summed E-state index contributed by atoms with van der Waals surface area (Å²) in [6.07, 6.45) is -0.503. The van der Waals surface area contributed by atoms with Crippen LogP contribution in [-0.4, -0.2) is 24.3 Å². The first-order chi connectivity index (χ1) is 8.45. The van der Waals surface area contributed by atoms with E-state index in [9.17, 15) is 5.11 Å². The zero-order valence-electron chi connectivity index (χ0n) is 12.0. The number of aliphatic hydroxyl groups excluding tert-OH is 1. The number of ether oxygens (including phenoxy) is 1. The van der Waals surface area contributed by atoms with Crippen molar-refractivity contribution in [3.8, 4) is 5.75 Å². The maximum absolute atomic E-state index is 10.3. The van der Waals surface area contributed by atoms with Crippen LogP contribution in [0.2, 0.25) is 0 Å². The fourth-order valence-electron chi connectivity index (χ4n) is 1.79. The number of nitrogens with one attached hydrogen (secondary N) is 1. The maximum Gasteiger partial charge on any atom is 0.118 e. The third-order valence-electron chi connectivity index (χ3n) is 3.46. The monoisotopic (exact) mass is 251 g/mol. The third-order valence-corrected chi connectivity index (χ3v) is 3.46. The molecule has 0 aliphatic carbocycles. The van der Waals surface area contributed by atoms with Gasteiger partial charge in [-0.25, -0.2) is 0 Å². The van der Waals surface area contributed by atoms with Crippen molar-refractivity contribution < 1.29 is 9.84 Å². The highest BCUT2D eigenvalue weighted by Crippen LogP contribution is 2.20. The lowest BCUT2D eigenvalue weighted by molar-refractivity contribution is 0.126. The standard InChI is InChI=1S/C15H25NO2/c1-10(2)11(3)16-12(4)15(17)13-6-8-14(18-5)9-7-13/h6-12,15-17H,1-5H3. The van der Waals surface area contributed by atoms with Crippen molar-refractivity contribution in [3.63, 3.8) is 0 Å². The molecule has 102 valence electrons. The molecule has 18 heavy (non-hydrogen) atoms. The largest absolute Gasteiger partial charge is 0.497 e. The van der Waals surface area contributed by atoms with Crippen molar-refractivity contribution in [2.45, 2.75) is 45.9 Å². The number of rotatable bonds is 6. The van der Waals surface area contributed by atoms with Gasteiger partial charge < -0.3 is 15.2 Å². The summed E-state index contributed by atoms with van der Waals surface area (Å²) in [7, 11) is 1.64. The second kappa shape index (κ2) is 6.76. The van der Waals surface area contributed by atoms with Gasteiger partial charge in [-0.05, 0) is 37.5 Å². The molecular formula is C15H25NO2. The lowest BCUT2D eigenvalue weighted by Gasteiger charge is -2.26. The van der Waals surface area contributed by atoms with E-state index in [2.05, 4.69) is 26.1 Å². The molecule has 2 N–H and O–H groups in total. The Bertz CT molecular complexity index is 348. The molecule has 0 saturated carbocycles. The van der Waals surface area contributed by atoms with E-state index in [4.69, 9.17) is 4.74 Å². The Morgan fingerprint density at radius 2 is 1.56 bits per heavy atom. The molecule has 0 saturated heterocycles. The summed E-state index contributed by atoms with van der Waals surface area (Å²) in [6.45, 7) is 8.49. The highest BCUT2D eigenvalue weighted by molar-refractivity contribution is 5.29. The van der Waals surface area contributed by atoms with E-state index in [1.807, 2.05) is 31.2 Å². The van der Waals surface area contributed by atoms with Crippen LogP contribution in [0.4, 0.5) is 0 Å². The molecule has 0 bridgehead atoms. The molecule has 0 aromatic heterocycles. The van der Waals surface area contributed by atoms with Crippen LogP contribution in [0, 0.1) is 5.92 Å². The zero-order chi connectivity index (χ0) is 13.7. The van der Waals surface area contributed by atoms with Crippen molar-refractivity contribution >= 4 is 0 Å². The Balaban J connectivity index is 2.64. The summed E-state index contributed by atoms with van der Waals surface area (Å²) in [4.78, 5) is 0. The Morgan fingerprint density at radius 3 is 2.00 bits per heavy atom. The third kappa shape index (κ3) is 4.00. The van der Waals surface area contributed by atoms with E-state index >= 15 is 0 Å². The molecule has 1 aromatic rings. The topological polar surface area (TPSA) is 41.5 Å². The van der Waals surface area contributed by atoms with Gasteiger partial charge in [-0.1, -0.05) is 26.0 Å². The lowest BCUT2D eigenvalue weighted by Crippen LogP contribution is -2.41. The summed E-state index contributed by atoms with van der Waals surface area (Å²) in [5.41, 5.74) is 0.909. The van der Waals surface area contributed by atoms with E-state index in [0.29, 0.717) is 12.0 Å². The Morgan fingerprint density at radius 1 is 1.00 bits per heavy atom. The maximum atomic E-state index is 10.3. The quantitative estimate of drug-likeness (QED) is 0.817. The van der Waals surface area contributed by atoms with Gasteiger partial charge in [-0.15, -0.1) is 0 Å². The van der Waals surface area contributed by atoms with E-state index in [-0.39, 0.29) is 6.04 Å². The first-order valence-corrected chi connectivity index (χ1v) is 6.53. The molecule has 3 heteroatoms. The highest BCUT2D eigenvalue weighted by atomic mass is 16.5. The van der Waals surface area contributed by atoms with Gasteiger partial charge in [-0.3, -0.25) is 0 Å². The second-order valence-electron chi connectivity index (χ2n) is 5.21. The van der Waals surface area contributed by atoms with Crippen molar-refractivity contribution in [2.24, 2.45) is 5.92 Å². The zero-order valence-corrected chi connectivity index (χ0v) is 12.0. The fourth-order valence-corrected chi connectivity index (χ4v) is 1.79. The van der Waals surface area contributed by atoms with Gasteiger partial charge in [0.25, 0.3) is 0 Å². The van der Waals surface area contributed by atoms with Crippen LogP contribution in [-0.2, 0) is 0 Å². The van der Waals surface area contributed by atoms with Crippen molar-refractivity contribution in [1.82, 2.24) is 5.32 Å². The Kier molecular flexibility index (Phi) is 5.63. The minimum absolute atomic E-state index is 0.0239. The smallest absolute Gasteiger partial charge is 0.118 e. The van der Waals surface area contributed by atoms with Crippen molar-refractivity contribution in [2.75, 3.05) is 7.11 Å². The number of aliphatic hydroxyl groups is 1. The molecule has 1 aromatic carbocycles. The van der Waals surface area contributed by atoms with Gasteiger partial charge in [-0.2, -0.15) is 0 Å². The molecule has 0 radical (unpaired) electrons. The molecule has 0 amide bonds. The second-order valence-corrected chi connectivity index (χ2v) is 5.21. The number of methoxy groups -OCH3 is 1. The number of hydrogen-bond donors (Lipinski definition) is 2. The van der Waals surface area contributed by atoms with Crippen LogP contribution in [0.15, 0.2) is 24.3 Å². The molecule has 3 nitrogen and oxygen atoms in total. The van der Waals surface area contributed by atoms with Crippen molar-refractivity contribution in [1.29, 1.82) is 0 Å². The predicted octanol–water partition coefficient (Wildman–Crippen LogP) is 2.75. The molecule has 3 unspecified atom stereocenters. The van der Waals surface area contributed by atoms with Gasteiger partial charge in [0.2, 0.25) is 0 Å². The predicted molar refractivity (Wildman–Crippen MR) is 74.9 cm³/mol. The fraction of sp³-hybridized carbons (Fsp3) is 0.600. The molecular weight excluding hydrogens is 226 g/mol. The Labute approximate surface area is 110 Å². The summed E-state index contributed by atoms with van der Waals surface area (Å²) >= 11 is 0. The molecule has 1 rings (SSSR count). The van der Waals surface area contributed by atoms with E-state index < -0.39 is 6.10 Å². The van der Waals surface area contributed by atoms with Gasteiger partial charge in [0.1, 0.15) is 5.75 Å². The first kappa shape index (κ1) is 15.0. The minimum atomic E-state index is -0.503. The van der Waals surface area contributed by atoms with Crippen LogP contribution < -0.4 is 10.1 Å². The lowest BCUT2D eigenvalue weighted by atomic mass is 10.00. The summed E-state index contributed by atoms with van der Waals surface area (Å²) < 4.78 is 5.11. The molecule has 0 fully saturated rings. The van der Waals surface area contributed by atoms with E-state index in [1.54, 1.807) is 7.11 Å². The molecule has 0 aliphatic rings. The van der Waals surface area contributed by atoms with Gasteiger partial charge in [0.15, 0.2) is 0 Å². The minimum Gasteiger partial charge on any atom is -0.497 e. The first-order valence-electron chi connectivity index (χ1n) is 6.53. The van der Waals surface area contributed by atoms with Crippen LogP contribution in [0.1, 0.15) is 39.4 Å². The molecule has 0 spiro atoms. The van der Waals surface area contributed by atoms with Crippen LogP contribution in [0.3, 0.4) is 0 Å². The average Bonchev–Trinajstić information content (AvgIpc) is 2.37. The average molecular weight is 251 g/mol. The van der Waals surface area contributed by atoms with Crippen LogP contribution >= 0.6 is 0 Å². The van der Waals surface area contributed by atoms with E-state index in [1.165, 1.54) is 0 Å². The highest BCUT2D eigenvalue weighted by Gasteiger charge is 2.19. The van der Waals surface area contributed by atoms with Gasteiger partial charge in [0.05, 0.1) is 13.2 Å². The molecule has 0 aliphatic heterocycles. The number of benzene rings is 1. The van der Waals surface area contributed by atoms with Gasteiger partial charge >= 0.3 is 0 Å². The summed E-state index contributed by atoms with van der Waals surface area (Å²) in [5.74, 6) is 1.36. The van der Waals surface area contributed by atoms with Crippen LogP contribution in [0.25, 0.3) is 0 Å². The van der Waals surface area contributed by atoms with Crippen molar-refractivity contribution in [3.05, 3.63) is 29.8 Å². The molecule has 3 atom stereocenters. The SMILES string of the molecule is COc1ccc(C(O)C(C)NC(C)C(C)C)cc1. The van der Waals surface area contributed by atoms with Gasteiger partial charge in [0, 0.05) is 12.1 Å². The Hall–Kier alpha value is -1.06. The van der Waals surface area contributed by atoms with E-state index in [0.717, 1.165) is 11.3 Å².